The van der Waals surface area contributed by atoms with Crippen molar-refractivity contribution in [1.29, 1.82) is 10.5 Å². The van der Waals surface area contributed by atoms with Crippen LogP contribution < -0.4 is 9.47 Å². The molecule has 0 saturated carbocycles. The molecular weight excluding hydrogens is 370 g/mol. The Morgan fingerprint density at radius 1 is 1.21 bits per heavy atom. The van der Waals surface area contributed by atoms with Gasteiger partial charge in [-0.2, -0.15) is 10.5 Å². The third-order valence-corrected chi connectivity index (χ3v) is 4.14. The van der Waals surface area contributed by atoms with Gasteiger partial charge in [-0.1, -0.05) is 12.1 Å². The van der Waals surface area contributed by atoms with Crippen LogP contribution in [0.1, 0.15) is 16.7 Å². The third-order valence-electron chi connectivity index (χ3n) is 4.14. The minimum absolute atomic E-state index is 0.00198. The zero-order valence-corrected chi connectivity index (χ0v) is 15.7. The van der Waals surface area contributed by atoms with Crippen LogP contribution in [0.25, 0.3) is 11.6 Å². The van der Waals surface area contributed by atoms with Gasteiger partial charge < -0.3 is 18.6 Å². The summed E-state index contributed by atoms with van der Waals surface area (Å²) in [5.74, 6) is 0.362. The summed E-state index contributed by atoms with van der Waals surface area (Å²) in [6, 6.07) is 14.7. The Labute approximate surface area is 167 Å². The van der Waals surface area contributed by atoms with E-state index in [2.05, 4.69) is 6.07 Å². The smallest absolute Gasteiger partial charge is 0.331 e. The van der Waals surface area contributed by atoms with Crippen molar-refractivity contribution < 1.29 is 19.0 Å². The minimum Gasteiger partial charge on any atom is -0.493 e. The van der Waals surface area contributed by atoms with Gasteiger partial charge in [0.05, 0.1) is 18.2 Å². The molecule has 2 aromatic heterocycles. The van der Waals surface area contributed by atoms with E-state index in [0.717, 1.165) is 5.52 Å². The Morgan fingerprint density at radius 2 is 2.07 bits per heavy atom. The van der Waals surface area contributed by atoms with Gasteiger partial charge in [-0.05, 0) is 35.9 Å². The van der Waals surface area contributed by atoms with E-state index >= 15 is 0 Å². The summed E-state index contributed by atoms with van der Waals surface area (Å²) in [6.07, 6.45) is 6.49. The highest BCUT2D eigenvalue weighted by atomic mass is 16.5. The Hall–Kier alpha value is -4.23. The molecule has 144 valence electrons. The lowest BCUT2D eigenvalue weighted by atomic mass is 10.2. The molecule has 0 unspecified atom stereocenters. The number of aromatic nitrogens is 1. The van der Waals surface area contributed by atoms with Crippen molar-refractivity contribution in [2.75, 3.05) is 13.7 Å². The van der Waals surface area contributed by atoms with E-state index in [0.29, 0.717) is 28.2 Å². The van der Waals surface area contributed by atoms with Gasteiger partial charge in [0, 0.05) is 24.0 Å². The van der Waals surface area contributed by atoms with Crippen LogP contribution >= 0.6 is 0 Å². The number of benzene rings is 1. The van der Waals surface area contributed by atoms with Gasteiger partial charge in [0.15, 0.2) is 18.1 Å². The molecule has 0 bridgehead atoms. The number of methoxy groups -OCH3 is 1. The molecule has 2 heterocycles. The topological polar surface area (TPSA) is 96.8 Å². The van der Waals surface area contributed by atoms with Crippen LogP contribution in [-0.2, 0) is 16.1 Å². The van der Waals surface area contributed by atoms with Crippen molar-refractivity contribution in [2.24, 2.45) is 0 Å². The SMILES string of the molecule is COc1cc(/C=C/C(=O)OCc2cn3ccccc3c2C#N)ccc1OCC#N. The monoisotopic (exact) mass is 387 g/mol. The number of hydrogen-bond donors (Lipinski definition) is 0. The third kappa shape index (κ3) is 4.55. The van der Waals surface area contributed by atoms with Crippen molar-refractivity contribution in [2.45, 2.75) is 6.61 Å². The van der Waals surface area contributed by atoms with Crippen LogP contribution in [0.5, 0.6) is 11.5 Å². The first-order valence-corrected chi connectivity index (χ1v) is 8.67. The van der Waals surface area contributed by atoms with Gasteiger partial charge in [0.2, 0.25) is 0 Å². The molecule has 7 heteroatoms. The second-order valence-electron chi connectivity index (χ2n) is 5.93. The second kappa shape index (κ2) is 9.12. The summed E-state index contributed by atoms with van der Waals surface area (Å²) in [6.45, 7) is -0.0877. The van der Waals surface area contributed by atoms with E-state index in [1.807, 2.05) is 34.9 Å². The second-order valence-corrected chi connectivity index (χ2v) is 5.93. The first-order chi connectivity index (χ1) is 14.2. The number of carbonyl (C=O) groups is 1. The summed E-state index contributed by atoms with van der Waals surface area (Å²) < 4.78 is 17.6. The van der Waals surface area contributed by atoms with E-state index in [9.17, 15) is 10.1 Å². The summed E-state index contributed by atoms with van der Waals surface area (Å²) in [7, 11) is 1.49. The molecule has 0 amide bonds. The largest absolute Gasteiger partial charge is 0.493 e. The summed E-state index contributed by atoms with van der Waals surface area (Å²) >= 11 is 0. The molecule has 0 aliphatic rings. The van der Waals surface area contributed by atoms with E-state index in [1.54, 1.807) is 30.5 Å². The van der Waals surface area contributed by atoms with Gasteiger partial charge in [0.1, 0.15) is 18.7 Å². The Bertz CT molecular complexity index is 1150. The summed E-state index contributed by atoms with van der Waals surface area (Å²) in [5.41, 5.74) is 2.60. The first kappa shape index (κ1) is 19.5. The molecule has 0 atom stereocenters. The first-order valence-electron chi connectivity index (χ1n) is 8.67. The Balaban J connectivity index is 1.66. The summed E-state index contributed by atoms with van der Waals surface area (Å²) in [4.78, 5) is 12.1. The van der Waals surface area contributed by atoms with Crippen LogP contribution in [-0.4, -0.2) is 24.1 Å². The lowest BCUT2D eigenvalue weighted by molar-refractivity contribution is -0.138. The van der Waals surface area contributed by atoms with E-state index in [1.165, 1.54) is 13.2 Å². The van der Waals surface area contributed by atoms with Crippen molar-refractivity contribution in [3.8, 4) is 23.6 Å². The minimum atomic E-state index is -0.534. The zero-order chi connectivity index (χ0) is 20.6. The van der Waals surface area contributed by atoms with E-state index in [4.69, 9.17) is 19.5 Å². The number of ether oxygens (including phenoxy) is 3. The molecule has 0 aliphatic heterocycles. The van der Waals surface area contributed by atoms with Gasteiger partial charge in [0.25, 0.3) is 0 Å². The highest BCUT2D eigenvalue weighted by molar-refractivity contribution is 5.87. The zero-order valence-electron chi connectivity index (χ0n) is 15.7. The van der Waals surface area contributed by atoms with Crippen LogP contribution in [0.15, 0.2) is 54.9 Å². The van der Waals surface area contributed by atoms with E-state index < -0.39 is 5.97 Å². The van der Waals surface area contributed by atoms with Gasteiger partial charge in [-0.15, -0.1) is 0 Å². The van der Waals surface area contributed by atoms with Crippen molar-refractivity contribution in [3.63, 3.8) is 0 Å². The van der Waals surface area contributed by atoms with Crippen LogP contribution in [0.4, 0.5) is 0 Å². The number of fused-ring (bicyclic) bond motifs is 1. The number of esters is 1. The molecule has 29 heavy (non-hydrogen) atoms. The Morgan fingerprint density at radius 3 is 2.83 bits per heavy atom. The van der Waals surface area contributed by atoms with Crippen LogP contribution in [0, 0.1) is 22.7 Å². The predicted molar refractivity (Wildman–Crippen MR) is 105 cm³/mol. The summed E-state index contributed by atoms with van der Waals surface area (Å²) in [5, 5.41) is 18.0. The average Bonchev–Trinajstić information content (AvgIpc) is 3.12. The number of rotatable bonds is 7. The normalized spacial score (nSPS) is 10.4. The highest BCUT2D eigenvalue weighted by Crippen LogP contribution is 2.28. The average molecular weight is 387 g/mol. The van der Waals surface area contributed by atoms with Crippen molar-refractivity contribution in [1.82, 2.24) is 4.40 Å². The standard InChI is InChI=1S/C22H17N3O4/c1-27-21-12-16(5-7-20(21)28-11-9-23)6-8-22(26)29-15-17-14-25-10-3-2-4-19(25)18(17)13-24/h2-8,10,12,14H,11,15H2,1H3/b8-6+. The fourth-order valence-corrected chi connectivity index (χ4v) is 2.79. The lowest BCUT2D eigenvalue weighted by Gasteiger charge is -2.08. The van der Waals surface area contributed by atoms with Crippen molar-refractivity contribution in [3.05, 3.63) is 71.6 Å². The van der Waals surface area contributed by atoms with Crippen LogP contribution in [0.3, 0.4) is 0 Å². The maximum atomic E-state index is 12.1. The molecule has 7 nitrogen and oxygen atoms in total. The maximum absolute atomic E-state index is 12.1. The van der Waals surface area contributed by atoms with Crippen LogP contribution in [0.2, 0.25) is 0 Å². The molecule has 0 radical (unpaired) electrons. The fourth-order valence-electron chi connectivity index (χ4n) is 2.79. The van der Waals surface area contributed by atoms with Gasteiger partial charge >= 0.3 is 5.97 Å². The molecule has 0 aliphatic carbocycles. The molecule has 0 saturated heterocycles. The van der Waals surface area contributed by atoms with Gasteiger partial charge in [-0.3, -0.25) is 0 Å². The number of pyridine rings is 1. The van der Waals surface area contributed by atoms with Crippen molar-refractivity contribution >= 4 is 17.6 Å². The quantitative estimate of drug-likeness (QED) is 0.455. The van der Waals surface area contributed by atoms with Gasteiger partial charge in [-0.25, -0.2) is 4.79 Å². The number of carbonyl (C=O) groups excluding carboxylic acids is 1. The lowest BCUT2D eigenvalue weighted by Crippen LogP contribution is -2.01. The number of hydrogen-bond acceptors (Lipinski definition) is 6. The molecule has 1 aromatic carbocycles. The molecule has 0 spiro atoms. The number of nitriles is 2. The molecule has 0 N–H and O–H groups in total. The molecule has 3 aromatic rings. The maximum Gasteiger partial charge on any atom is 0.331 e. The molecule has 0 fully saturated rings. The molecule has 3 rings (SSSR count). The van der Waals surface area contributed by atoms with E-state index in [-0.39, 0.29) is 13.2 Å². The fraction of sp³-hybridized carbons (Fsp3) is 0.136. The number of nitrogens with zero attached hydrogens (tertiary/aromatic N) is 3. The highest BCUT2D eigenvalue weighted by Gasteiger charge is 2.11. The predicted octanol–water partition coefficient (Wildman–Crippen LogP) is 3.48. The molecular formula is C22H17N3O4. The Kier molecular flexibility index (Phi) is 6.14.